The summed E-state index contributed by atoms with van der Waals surface area (Å²) in [5.41, 5.74) is 2.32. The van der Waals surface area contributed by atoms with E-state index in [1.807, 2.05) is 0 Å². The average molecular weight is 502 g/mol. The molecule has 0 aliphatic heterocycles. The van der Waals surface area contributed by atoms with Crippen molar-refractivity contribution in [2.45, 2.75) is 124 Å². The standard InChI is InChI=1S/C32H55NO3/c1-21(2)10-9-11-22(3)27-14-15-28-26-13-12-24-20-25(36-30(34)23(4)33(7,8)35)16-18-31(24,5)29(26)17-19-32(27,28)6/h12,21-23,25-29H,9-11,13-20H2,1-8H3/t22-,23+,25+,26+,27-,28+,29+,31+,32-/m1/s1. The van der Waals surface area contributed by atoms with Crippen molar-refractivity contribution < 1.29 is 14.2 Å². The molecule has 4 aliphatic rings. The molecule has 0 N–H and O–H groups in total. The number of carbonyl (C=O) groups excluding carboxylic acids is 1. The lowest BCUT2D eigenvalue weighted by Gasteiger charge is -2.58. The van der Waals surface area contributed by atoms with Crippen molar-refractivity contribution in [2.24, 2.45) is 46.3 Å². The molecular formula is C32H55NO3. The zero-order valence-electron chi connectivity index (χ0n) is 24.6. The van der Waals surface area contributed by atoms with Gasteiger partial charge in [-0.25, -0.2) is 4.79 Å². The van der Waals surface area contributed by atoms with E-state index in [9.17, 15) is 10.0 Å². The molecule has 206 valence electrons. The van der Waals surface area contributed by atoms with Gasteiger partial charge < -0.3 is 14.6 Å². The molecule has 0 aromatic rings. The number of rotatable bonds is 8. The van der Waals surface area contributed by atoms with E-state index in [0.29, 0.717) is 5.41 Å². The Kier molecular flexibility index (Phi) is 8.10. The first-order chi connectivity index (χ1) is 16.8. The molecule has 0 radical (unpaired) electrons. The summed E-state index contributed by atoms with van der Waals surface area (Å²) in [7, 11) is 3.04. The zero-order valence-corrected chi connectivity index (χ0v) is 24.6. The minimum absolute atomic E-state index is 0.0706. The van der Waals surface area contributed by atoms with Crippen LogP contribution < -0.4 is 0 Å². The fourth-order valence-corrected chi connectivity index (χ4v) is 9.27. The maximum Gasteiger partial charge on any atom is 0.365 e. The number of hydrogen-bond acceptors (Lipinski definition) is 3. The molecule has 3 saturated carbocycles. The van der Waals surface area contributed by atoms with Crippen LogP contribution in [0, 0.1) is 51.5 Å². The van der Waals surface area contributed by atoms with Crippen LogP contribution in [-0.4, -0.2) is 36.9 Å². The van der Waals surface area contributed by atoms with Crippen LogP contribution in [0.2, 0.25) is 0 Å². The van der Waals surface area contributed by atoms with E-state index in [4.69, 9.17) is 4.74 Å². The molecular weight excluding hydrogens is 446 g/mol. The van der Waals surface area contributed by atoms with Gasteiger partial charge in [0.1, 0.15) is 6.10 Å². The maximum absolute atomic E-state index is 12.6. The Morgan fingerprint density at radius 1 is 1.06 bits per heavy atom. The minimum atomic E-state index is -0.679. The van der Waals surface area contributed by atoms with Crippen LogP contribution in [0.25, 0.3) is 0 Å². The Morgan fingerprint density at radius 2 is 1.78 bits per heavy atom. The van der Waals surface area contributed by atoms with Gasteiger partial charge in [-0.15, -0.1) is 0 Å². The second kappa shape index (κ2) is 10.4. The van der Waals surface area contributed by atoms with Gasteiger partial charge in [-0.3, -0.25) is 0 Å². The predicted octanol–water partition coefficient (Wildman–Crippen LogP) is 7.90. The molecule has 0 heterocycles. The van der Waals surface area contributed by atoms with Crippen LogP contribution in [0.5, 0.6) is 0 Å². The van der Waals surface area contributed by atoms with E-state index in [0.717, 1.165) is 54.8 Å². The topological polar surface area (TPSA) is 49.4 Å². The van der Waals surface area contributed by atoms with Crippen LogP contribution in [-0.2, 0) is 9.53 Å². The fourth-order valence-electron chi connectivity index (χ4n) is 9.27. The normalized spacial score (nSPS) is 40.1. The third-order valence-corrected chi connectivity index (χ3v) is 11.8. The van der Waals surface area contributed by atoms with Gasteiger partial charge in [-0.05, 0) is 98.2 Å². The number of quaternary nitrogens is 1. The lowest BCUT2D eigenvalue weighted by atomic mass is 9.47. The van der Waals surface area contributed by atoms with Gasteiger partial charge in [-0.1, -0.05) is 65.5 Å². The minimum Gasteiger partial charge on any atom is -0.633 e. The number of hydrogen-bond donors (Lipinski definition) is 0. The fraction of sp³-hybridized carbons (Fsp3) is 0.906. The van der Waals surface area contributed by atoms with E-state index in [1.165, 1.54) is 71.0 Å². The predicted molar refractivity (Wildman–Crippen MR) is 148 cm³/mol. The largest absolute Gasteiger partial charge is 0.633 e. The zero-order chi connectivity index (χ0) is 26.5. The maximum atomic E-state index is 12.6. The van der Waals surface area contributed by atoms with Crippen molar-refractivity contribution in [1.82, 2.24) is 0 Å². The highest BCUT2D eigenvalue weighted by Gasteiger charge is 2.59. The Hall–Kier alpha value is -0.870. The van der Waals surface area contributed by atoms with Gasteiger partial charge in [0.2, 0.25) is 0 Å². The Morgan fingerprint density at radius 3 is 2.44 bits per heavy atom. The van der Waals surface area contributed by atoms with Gasteiger partial charge in [-0.2, -0.15) is 0 Å². The van der Waals surface area contributed by atoms with Crippen molar-refractivity contribution in [3.8, 4) is 0 Å². The first-order valence-electron chi connectivity index (χ1n) is 15.2. The molecule has 0 amide bonds. The van der Waals surface area contributed by atoms with Gasteiger partial charge in [0, 0.05) is 6.42 Å². The van der Waals surface area contributed by atoms with E-state index in [-0.39, 0.29) is 17.5 Å². The number of carbonyl (C=O) groups is 1. The highest BCUT2D eigenvalue weighted by molar-refractivity contribution is 5.74. The second-order valence-electron chi connectivity index (χ2n) is 14.7. The molecule has 4 rings (SSSR count). The van der Waals surface area contributed by atoms with Crippen molar-refractivity contribution in [1.29, 1.82) is 0 Å². The number of ether oxygens (including phenoxy) is 1. The first-order valence-corrected chi connectivity index (χ1v) is 15.2. The molecule has 4 heteroatoms. The molecule has 0 aromatic heterocycles. The Balaban J connectivity index is 1.42. The molecule has 0 aromatic carbocycles. The number of allylic oxidation sites excluding steroid dienone is 1. The highest BCUT2D eigenvalue weighted by Crippen LogP contribution is 2.67. The Labute approximate surface area is 221 Å². The van der Waals surface area contributed by atoms with Gasteiger partial charge >= 0.3 is 5.97 Å². The quantitative estimate of drug-likeness (QED) is 0.147. The SMILES string of the molecule is CC(C)CCC[C@@H](C)[C@H]1CC[C@H]2[C@@H]3CC=C4C[C@@H](OC(=O)[C@H](C)[N+](C)(C)[O-])CC[C@]4(C)[C@H]3CC[C@]12C. The third kappa shape index (κ3) is 5.20. The molecule has 0 unspecified atom stereocenters. The van der Waals surface area contributed by atoms with Crippen molar-refractivity contribution in [3.05, 3.63) is 16.9 Å². The van der Waals surface area contributed by atoms with Gasteiger partial charge in [0.25, 0.3) is 0 Å². The summed E-state index contributed by atoms with van der Waals surface area (Å²) in [5, 5.41) is 12.2. The van der Waals surface area contributed by atoms with Crippen molar-refractivity contribution >= 4 is 5.97 Å². The monoisotopic (exact) mass is 501 g/mol. The summed E-state index contributed by atoms with van der Waals surface area (Å²) in [6, 6.07) is -0.679. The van der Waals surface area contributed by atoms with Crippen molar-refractivity contribution in [3.63, 3.8) is 0 Å². The van der Waals surface area contributed by atoms with Crippen LogP contribution in [0.1, 0.15) is 112 Å². The summed E-state index contributed by atoms with van der Waals surface area (Å²) in [6.45, 7) is 14.1. The van der Waals surface area contributed by atoms with Crippen LogP contribution in [0.15, 0.2) is 11.6 Å². The average Bonchev–Trinajstić information content (AvgIpc) is 3.15. The first kappa shape index (κ1) is 28.1. The molecule has 4 nitrogen and oxygen atoms in total. The third-order valence-electron chi connectivity index (χ3n) is 11.8. The van der Waals surface area contributed by atoms with Crippen LogP contribution in [0.3, 0.4) is 0 Å². The number of likely N-dealkylation sites (N-methyl/N-ethyl adjacent to an activating group) is 1. The summed E-state index contributed by atoms with van der Waals surface area (Å²) < 4.78 is 5.26. The lowest BCUT2D eigenvalue weighted by molar-refractivity contribution is -0.855. The number of fused-ring (bicyclic) bond motifs is 5. The molecule has 0 spiro atoms. The summed E-state index contributed by atoms with van der Waals surface area (Å²) in [5.74, 6) is 4.70. The summed E-state index contributed by atoms with van der Waals surface area (Å²) in [4.78, 5) is 12.6. The molecule has 3 fully saturated rings. The number of nitrogens with zero attached hydrogens (tertiary/aromatic N) is 1. The second-order valence-corrected chi connectivity index (χ2v) is 14.7. The molecule has 9 atom stereocenters. The van der Waals surface area contributed by atoms with E-state index in [1.54, 1.807) is 6.92 Å². The number of esters is 1. The Bertz CT molecular complexity index is 828. The summed E-state index contributed by atoms with van der Waals surface area (Å²) in [6.07, 6.45) is 16.4. The molecule has 0 saturated heterocycles. The van der Waals surface area contributed by atoms with E-state index < -0.39 is 10.7 Å². The summed E-state index contributed by atoms with van der Waals surface area (Å²) >= 11 is 0. The van der Waals surface area contributed by atoms with Gasteiger partial charge in [0.05, 0.1) is 14.1 Å². The van der Waals surface area contributed by atoms with E-state index >= 15 is 0 Å². The molecule has 4 aliphatic carbocycles. The van der Waals surface area contributed by atoms with Crippen LogP contribution >= 0.6 is 0 Å². The number of hydroxylamine groups is 3. The van der Waals surface area contributed by atoms with E-state index in [2.05, 4.69) is 40.7 Å². The lowest BCUT2D eigenvalue weighted by Crippen LogP contribution is -2.51. The molecule has 0 bridgehead atoms. The molecule has 36 heavy (non-hydrogen) atoms. The van der Waals surface area contributed by atoms with Crippen molar-refractivity contribution in [2.75, 3.05) is 14.1 Å². The smallest absolute Gasteiger partial charge is 0.365 e. The highest BCUT2D eigenvalue weighted by atomic mass is 16.6. The van der Waals surface area contributed by atoms with Gasteiger partial charge in [0.15, 0.2) is 6.04 Å². The van der Waals surface area contributed by atoms with Crippen LogP contribution in [0.4, 0.5) is 0 Å².